The van der Waals surface area contributed by atoms with E-state index in [1.165, 1.54) is 24.8 Å². The summed E-state index contributed by atoms with van der Waals surface area (Å²) in [7, 11) is 1.34. The molecule has 3 heterocycles. The first kappa shape index (κ1) is 16.4. The molecule has 1 fully saturated rings. The first-order valence-corrected chi connectivity index (χ1v) is 9.87. The van der Waals surface area contributed by atoms with Crippen LogP contribution in [-0.4, -0.2) is 27.8 Å². The summed E-state index contributed by atoms with van der Waals surface area (Å²) in [6.45, 7) is 0. The maximum Gasteiger partial charge on any atom is 0.373 e. The van der Waals surface area contributed by atoms with Gasteiger partial charge in [0.2, 0.25) is 5.76 Å². The Morgan fingerprint density at radius 3 is 3.00 bits per heavy atom. The van der Waals surface area contributed by atoms with Crippen molar-refractivity contribution >= 4 is 29.1 Å². The van der Waals surface area contributed by atoms with Gasteiger partial charge in [-0.3, -0.25) is 0 Å². The predicted octanol–water partition coefficient (Wildman–Crippen LogP) is 3.94. The smallest absolute Gasteiger partial charge is 0.373 e. The van der Waals surface area contributed by atoms with E-state index >= 15 is 0 Å². The number of ether oxygens (including phenoxy) is 1. The van der Waals surface area contributed by atoms with E-state index in [0.717, 1.165) is 23.2 Å². The molecule has 0 radical (unpaired) electrons. The first-order valence-electron chi connectivity index (χ1n) is 8.00. The van der Waals surface area contributed by atoms with Gasteiger partial charge in [0.15, 0.2) is 5.16 Å². The molecule has 1 aliphatic carbocycles. The highest BCUT2D eigenvalue weighted by atomic mass is 32.2. The summed E-state index contributed by atoms with van der Waals surface area (Å²) in [6, 6.07) is 8.12. The minimum absolute atomic E-state index is 0.222. The highest BCUT2D eigenvalue weighted by Gasteiger charge is 2.29. The lowest BCUT2D eigenvalue weighted by molar-refractivity contribution is 0.0563. The van der Waals surface area contributed by atoms with Crippen LogP contribution < -0.4 is 0 Å². The molecular formula is C17H17N3O3S2. The van der Waals surface area contributed by atoms with Gasteiger partial charge < -0.3 is 13.7 Å². The van der Waals surface area contributed by atoms with Crippen molar-refractivity contribution in [3.05, 3.63) is 51.9 Å². The molecule has 130 valence electrons. The normalized spacial score (nSPS) is 14.0. The number of thiophene rings is 1. The van der Waals surface area contributed by atoms with Gasteiger partial charge in [-0.2, -0.15) is 0 Å². The van der Waals surface area contributed by atoms with Crippen LogP contribution in [0.3, 0.4) is 0 Å². The Kier molecular flexibility index (Phi) is 4.63. The number of hydrogen-bond acceptors (Lipinski definition) is 7. The quantitative estimate of drug-likeness (QED) is 0.460. The molecule has 25 heavy (non-hydrogen) atoms. The Hall–Kier alpha value is -2.06. The van der Waals surface area contributed by atoms with Gasteiger partial charge in [-0.15, -0.1) is 21.5 Å². The second-order valence-electron chi connectivity index (χ2n) is 5.80. The van der Waals surface area contributed by atoms with Gasteiger partial charge in [0.25, 0.3) is 0 Å². The Bertz CT molecular complexity index is 866. The van der Waals surface area contributed by atoms with Crippen molar-refractivity contribution in [3.63, 3.8) is 0 Å². The fourth-order valence-corrected chi connectivity index (χ4v) is 4.22. The zero-order valence-electron chi connectivity index (χ0n) is 13.7. The van der Waals surface area contributed by atoms with E-state index < -0.39 is 5.97 Å². The summed E-state index contributed by atoms with van der Waals surface area (Å²) in [6.07, 6.45) is 3.17. The molecule has 0 unspecified atom stereocenters. The molecule has 0 saturated heterocycles. The number of furan rings is 1. The van der Waals surface area contributed by atoms with Crippen LogP contribution >= 0.6 is 23.1 Å². The second kappa shape index (κ2) is 7.05. The van der Waals surface area contributed by atoms with Crippen LogP contribution in [0.4, 0.5) is 0 Å². The monoisotopic (exact) mass is 375 g/mol. The van der Waals surface area contributed by atoms with E-state index in [9.17, 15) is 4.79 Å². The van der Waals surface area contributed by atoms with Crippen LogP contribution in [0.25, 0.3) is 0 Å². The summed E-state index contributed by atoms with van der Waals surface area (Å²) in [5, 5.41) is 11.8. The van der Waals surface area contributed by atoms with E-state index in [1.54, 1.807) is 35.2 Å². The van der Waals surface area contributed by atoms with E-state index in [0.29, 0.717) is 11.8 Å². The molecule has 0 aromatic carbocycles. The van der Waals surface area contributed by atoms with Gasteiger partial charge in [0.1, 0.15) is 11.6 Å². The fraction of sp³-hybridized carbons (Fsp3) is 0.353. The average Bonchev–Trinajstić information content (AvgIpc) is 3.05. The van der Waals surface area contributed by atoms with Gasteiger partial charge in [-0.05, 0) is 36.4 Å². The molecule has 0 amide bonds. The molecule has 8 heteroatoms. The van der Waals surface area contributed by atoms with Gasteiger partial charge in [-0.25, -0.2) is 4.79 Å². The lowest BCUT2D eigenvalue weighted by atomic mass is 10.3. The maximum absolute atomic E-state index is 11.5. The summed E-state index contributed by atoms with van der Waals surface area (Å²) < 4.78 is 12.4. The highest BCUT2D eigenvalue weighted by Crippen LogP contribution is 2.39. The van der Waals surface area contributed by atoms with Gasteiger partial charge in [0.05, 0.1) is 12.9 Å². The van der Waals surface area contributed by atoms with Crippen LogP contribution in [0.1, 0.15) is 45.9 Å². The Labute approximate surface area is 153 Å². The van der Waals surface area contributed by atoms with Crippen LogP contribution in [-0.2, 0) is 16.9 Å². The Morgan fingerprint density at radius 1 is 1.40 bits per heavy atom. The summed E-state index contributed by atoms with van der Waals surface area (Å²) >= 11 is 3.32. The van der Waals surface area contributed by atoms with Crippen molar-refractivity contribution in [1.82, 2.24) is 14.8 Å². The molecule has 3 aromatic rings. The number of nitrogens with zero attached hydrogens (tertiary/aromatic N) is 3. The zero-order chi connectivity index (χ0) is 17.2. The molecule has 0 spiro atoms. The molecule has 0 bridgehead atoms. The molecular weight excluding hydrogens is 358 g/mol. The van der Waals surface area contributed by atoms with Gasteiger partial charge in [-0.1, -0.05) is 17.8 Å². The lowest BCUT2D eigenvalue weighted by Gasteiger charge is -2.07. The third kappa shape index (κ3) is 3.64. The minimum atomic E-state index is -0.462. The number of thioether (sulfide) groups is 1. The third-order valence-corrected chi connectivity index (χ3v) is 5.79. The molecule has 0 atom stereocenters. The van der Waals surface area contributed by atoms with E-state index in [4.69, 9.17) is 4.42 Å². The van der Waals surface area contributed by atoms with Crippen molar-refractivity contribution in [2.75, 3.05) is 7.11 Å². The molecule has 0 N–H and O–H groups in total. The standard InChI is InChI=1S/C17H17N3O3S2/c1-22-16(21)14-7-6-12(23-14)10-25-17-19-18-15(20(17)11-4-5-11)9-13-3-2-8-24-13/h2-3,6-8,11H,4-5,9-10H2,1H3. The first-order chi connectivity index (χ1) is 12.2. The number of carbonyl (C=O) groups excluding carboxylic acids is 1. The SMILES string of the molecule is COC(=O)c1ccc(CSc2nnc(Cc3cccs3)n2C2CC2)o1. The third-order valence-electron chi connectivity index (χ3n) is 3.95. The summed E-state index contributed by atoms with van der Waals surface area (Å²) in [4.78, 5) is 12.8. The van der Waals surface area contributed by atoms with Crippen LogP contribution in [0.2, 0.25) is 0 Å². The zero-order valence-corrected chi connectivity index (χ0v) is 15.3. The lowest BCUT2D eigenvalue weighted by Crippen LogP contribution is -2.03. The molecule has 3 aromatic heterocycles. The Morgan fingerprint density at radius 2 is 2.28 bits per heavy atom. The van der Waals surface area contributed by atoms with Crippen LogP contribution in [0, 0.1) is 0 Å². The Balaban J connectivity index is 1.48. The van der Waals surface area contributed by atoms with Crippen molar-refractivity contribution < 1.29 is 13.9 Å². The highest BCUT2D eigenvalue weighted by molar-refractivity contribution is 7.98. The largest absolute Gasteiger partial charge is 0.463 e. The average molecular weight is 375 g/mol. The van der Waals surface area contributed by atoms with Crippen LogP contribution in [0.5, 0.6) is 0 Å². The van der Waals surface area contributed by atoms with E-state index in [1.807, 2.05) is 0 Å². The molecule has 6 nitrogen and oxygen atoms in total. The molecule has 1 aliphatic rings. The topological polar surface area (TPSA) is 70.2 Å². The number of hydrogen-bond donors (Lipinski definition) is 0. The maximum atomic E-state index is 11.5. The molecule has 4 rings (SSSR count). The molecule has 1 saturated carbocycles. The van der Waals surface area contributed by atoms with Crippen molar-refractivity contribution in [3.8, 4) is 0 Å². The van der Waals surface area contributed by atoms with E-state index in [2.05, 4.69) is 37.0 Å². The summed E-state index contributed by atoms with van der Waals surface area (Å²) in [5.41, 5.74) is 0. The predicted molar refractivity (Wildman–Crippen MR) is 95.0 cm³/mol. The molecule has 0 aliphatic heterocycles. The van der Waals surface area contributed by atoms with E-state index in [-0.39, 0.29) is 5.76 Å². The second-order valence-corrected chi connectivity index (χ2v) is 7.78. The number of carbonyl (C=O) groups is 1. The van der Waals surface area contributed by atoms with Crippen molar-refractivity contribution in [1.29, 1.82) is 0 Å². The van der Waals surface area contributed by atoms with Crippen LogP contribution in [0.15, 0.2) is 39.2 Å². The van der Waals surface area contributed by atoms with Crippen molar-refractivity contribution in [2.24, 2.45) is 0 Å². The van der Waals surface area contributed by atoms with Crippen molar-refractivity contribution in [2.45, 2.75) is 36.2 Å². The minimum Gasteiger partial charge on any atom is -0.463 e. The number of methoxy groups -OCH3 is 1. The number of esters is 1. The fourth-order valence-electron chi connectivity index (χ4n) is 2.60. The van der Waals surface area contributed by atoms with Gasteiger partial charge >= 0.3 is 5.97 Å². The summed E-state index contributed by atoms with van der Waals surface area (Å²) in [5.74, 6) is 2.09. The van der Waals surface area contributed by atoms with Gasteiger partial charge in [0, 0.05) is 17.3 Å². The number of aromatic nitrogens is 3. The number of rotatable bonds is 7.